The van der Waals surface area contributed by atoms with Gasteiger partial charge in [-0.15, -0.1) is 0 Å². The van der Waals surface area contributed by atoms with E-state index in [1.807, 2.05) is 24.3 Å². The Morgan fingerprint density at radius 1 is 0.279 bits per heavy atom. The first-order valence-electron chi connectivity index (χ1n) is 23.1. The molecule has 68 heavy (non-hydrogen) atoms. The maximum atomic E-state index is 5.26. The van der Waals surface area contributed by atoms with Crippen LogP contribution in [0.3, 0.4) is 0 Å². The third kappa shape index (κ3) is 7.06. The zero-order valence-electron chi connectivity index (χ0n) is 38.3. The van der Waals surface area contributed by atoms with Gasteiger partial charge >= 0.3 is 0 Å². The second-order valence-electron chi connectivity index (χ2n) is 17.7. The molecule has 0 aliphatic rings. The van der Waals surface area contributed by atoms with Crippen molar-refractivity contribution in [2.45, 2.75) is 27.7 Å². The fourth-order valence-electron chi connectivity index (χ4n) is 9.84. The number of imidazole rings is 2. The molecule has 0 atom stereocenters. The Bertz CT molecular complexity index is 3610. The molecule has 3 aromatic heterocycles. The summed E-state index contributed by atoms with van der Waals surface area (Å²) in [5, 5.41) is 0. The largest absolute Gasteiger partial charge is 0.292 e. The summed E-state index contributed by atoms with van der Waals surface area (Å²) in [6.45, 7) is 8.76. The van der Waals surface area contributed by atoms with Gasteiger partial charge in [-0.05, 0) is 145 Å². The van der Waals surface area contributed by atoms with Crippen LogP contribution >= 0.6 is 0 Å². The van der Waals surface area contributed by atoms with Gasteiger partial charge in [-0.1, -0.05) is 133 Å². The summed E-state index contributed by atoms with van der Waals surface area (Å²) in [6, 6.07) is 72.6. The molecule has 0 amide bonds. The monoisotopic (exact) mass is 874 g/mol. The molecule has 0 N–H and O–H groups in total. The van der Waals surface area contributed by atoms with E-state index in [0.717, 1.165) is 101 Å². The Kier molecular flexibility index (Phi) is 9.95. The molecule has 9 aromatic carbocycles. The highest BCUT2D eigenvalue weighted by Crippen LogP contribution is 2.39. The first kappa shape index (κ1) is 40.7. The van der Waals surface area contributed by atoms with Gasteiger partial charge in [-0.25, -0.2) is 19.9 Å². The van der Waals surface area contributed by atoms with Gasteiger partial charge in [0.15, 0.2) is 0 Å². The molecule has 0 saturated carbocycles. The number of aromatic nitrogens is 6. The van der Waals surface area contributed by atoms with Gasteiger partial charge in [0.05, 0.1) is 44.5 Å². The zero-order valence-corrected chi connectivity index (χ0v) is 38.3. The average Bonchev–Trinajstić information content (AvgIpc) is 3.97. The average molecular weight is 875 g/mol. The highest BCUT2D eigenvalue weighted by Gasteiger charge is 2.21. The van der Waals surface area contributed by atoms with Crippen molar-refractivity contribution < 1.29 is 0 Å². The van der Waals surface area contributed by atoms with Crippen molar-refractivity contribution in [1.82, 2.24) is 29.1 Å². The number of aryl methyl sites for hydroxylation is 4. The van der Waals surface area contributed by atoms with E-state index in [2.05, 4.69) is 219 Å². The topological polar surface area (TPSA) is 61.4 Å². The molecule has 12 rings (SSSR count). The molecule has 6 heteroatoms. The number of rotatable bonds is 8. The zero-order chi connectivity index (χ0) is 45.9. The summed E-state index contributed by atoms with van der Waals surface area (Å²) < 4.78 is 4.54. The Balaban J connectivity index is 0.878. The van der Waals surface area contributed by atoms with Crippen LogP contribution < -0.4 is 0 Å². The van der Waals surface area contributed by atoms with E-state index in [4.69, 9.17) is 19.9 Å². The number of para-hydroxylation sites is 8. The van der Waals surface area contributed by atoms with Gasteiger partial charge in [0.1, 0.15) is 11.6 Å². The summed E-state index contributed by atoms with van der Waals surface area (Å²) >= 11 is 0. The van der Waals surface area contributed by atoms with E-state index in [1.165, 1.54) is 33.4 Å². The summed E-state index contributed by atoms with van der Waals surface area (Å²) in [5.41, 5.74) is 23.4. The van der Waals surface area contributed by atoms with Gasteiger partial charge in [-0.2, -0.15) is 0 Å². The van der Waals surface area contributed by atoms with Crippen LogP contribution in [0.25, 0.3) is 112 Å². The van der Waals surface area contributed by atoms with Crippen molar-refractivity contribution in [3.8, 4) is 78.9 Å². The second-order valence-corrected chi connectivity index (χ2v) is 17.7. The van der Waals surface area contributed by atoms with E-state index in [-0.39, 0.29) is 0 Å². The van der Waals surface area contributed by atoms with Crippen LogP contribution in [-0.4, -0.2) is 29.1 Å². The molecule has 6 nitrogen and oxygen atoms in total. The van der Waals surface area contributed by atoms with Crippen LogP contribution in [0.1, 0.15) is 22.3 Å². The molecule has 12 aromatic rings. The Labute approximate surface area is 395 Å². The molecule has 0 spiro atoms. The Morgan fingerprint density at radius 3 is 0.985 bits per heavy atom. The van der Waals surface area contributed by atoms with Crippen LogP contribution in [0.15, 0.2) is 206 Å². The molecule has 0 aliphatic heterocycles. The predicted octanol–water partition coefficient (Wildman–Crippen LogP) is 15.5. The van der Waals surface area contributed by atoms with Crippen LogP contribution in [-0.2, 0) is 0 Å². The Hall–Kier alpha value is -8.74. The van der Waals surface area contributed by atoms with E-state index in [1.54, 1.807) is 0 Å². The van der Waals surface area contributed by atoms with E-state index in [9.17, 15) is 0 Å². The quantitative estimate of drug-likeness (QED) is 0.153. The van der Waals surface area contributed by atoms with Crippen molar-refractivity contribution in [2.75, 3.05) is 0 Å². The lowest BCUT2D eigenvalue weighted by Crippen LogP contribution is -2.00. The second kappa shape index (κ2) is 16.6. The third-order valence-electron chi connectivity index (χ3n) is 13.3. The minimum absolute atomic E-state index is 0.851. The maximum Gasteiger partial charge on any atom is 0.146 e. The number of fused-ring (bicyclic) bond motifs is 3. The minimum Gasteiger partial charge on any atom is -0.292 e. The van der Waals surface area contributed by atoms with Crippen molar-refractivity contribution in [3.63, 3.8) is 0 Å². The highest BCUT2D eigenvalue weighted by molar-refractivity contribution is 5.90. The lowest BCUT2D eigenvalue weighted by atomic mass is 9.92. The minimum atomic E-state index is 0.851. The molecule has 0 bridgehead atoms. The van der Waals surface area contributed by atoms with E-state index >= 15 is 0 Å². The van der Waals surface area contributed by atoms with Gasteiger partial charge in [0, 0.05) is 33.6 Å². The predicted molar refractivity (Wildman–Crippen MR) is 280 cm³/mol. The maximum absolute atomic E-state index is 5.26. The molecular formula is C62H46N6. The molecule has 0 radical (unpaired) electrons. The van der Waals surface area contributed by atoms with Crippen molar-refractivity contribution in [3.05, 3.63) is 229 Å². The lowest BCUT2D eigenvalue weighted by Gasteiger charge is -2.16. The van der Waals surface area contributed by atoms with Crippen LogP contribution in [0.5, 0.6) is 0 Å². The van der Waals surface area contributed by atoms with Gasteiger partial charge in [0.2, 0.25) is 0 Å². The van der Waals surface area contributed by atoms with Crippen LogP contribution in [0.4, 0.5) is 0 Å². The first-order valence-corrected chi connectivity index (χ1v) is 23.1. The van der Waals surface area contributed by atoms with Crippen molar-refractivity contribution in [1.29, 1.82) is 0 Å². The molecule has 3 heterocycles. The molecule has 0 aliphatic carbocycles. The van der Waals surface area contributed by atoms with Gasteiger partial charge in [-0.3, -0.25) is 9.13 Å². The van der Waals surface area contributed by atoms with Gasteiger partial charge < -0.3 is 0 Å². The summed E-state index contributed by atoms with van der Waals surface area (Å²) in [7, 11) is 0. The summed E-state index contributed by atoms with van der Waals surface area (Å²) in [4.78, 5) is 20.9. The lowest BCUT2D eigenvalue weighted by molar-refractivity contribution is 1.10. The van der Waals surface area contributed by atoms with Crippen LogP contribution in [0.2, 0.25) is 0 Å². The molecule has 0 saturated heterocycles. The van der Waals surface area contributed by atoms with Gasteiger partial charge in [0.25, 0.3) is 0 Å². The van der Waals surface area contributed by atoms with Crippen molar-refractivity contribution >= 4 is 33.1 Å². The smallest absolute Gasteiger partial charge is 0.146 e. The highest BCUT2D eigenvalue weighted by atomic mass is 15.1. The SMILES string of the molecule is Cc1cc(-c2nc3ccccc3n2-c2ccccc2)c(C)cc1-c1ccc(-c2nc3ccccc3nc2-c2ccc(-c3cc(C)c(-c4nc5ccccc5n4-c4ccccc4)cc3C)cc2)cc1. The number of nitrogens with zero attached hydrogens (tertiary/aromatic N) is 6. The molecule has 0 unspecified atom stereocenters. The van der Waals surface area contributed by atoms with E-state index < -0.39 is 0 Å². The first-order chi connectivity index (χ1) is 33.4. The summed E-state index contributed by atoms with van der Waals surface area (Å²) in [6.07, 6.45) is 0. The Morgan fingerprint density at radius 2 is 0.588 bits per heavy atom. The van der Waals surface area contributed by atoms with E-state index in [0.29, 0.717) is 0 Å². The fraction of sp³-hybridized carbons (Fsp3) is 0.0645. The molecular weight excluding hydrogens is 829 g/mol. The number of hydrogen-bond donors (Lipinski definition) is 0. The van der Waals surface area contributed by atoms with Crippen molar-refractivity contribution in [2.24, 2.45) is 0 Å². The molecule has 324 valence electrons. The van der Waals surface area contributed by atoms with Crippen LogP contribution in [0, 0.1) is 27.7 Å². The third-order valence-corrected chi connectivity index (χ3v) is 13.3. The normalized spacial score (nSPS) is 11.5. The molecule has 0 fully saturated rings. The summed E-state index contributed by atoms with van der Waals surface area (Å²) in [5.74, 6) is 1.88. The standard InChI is InChI=1S/C62H46N6/c1-39-37-51(61-65-55-23-13-15-25-57(55)67(61)47-17-7-5-8-18-47)41(3)35-49(39)43-27-31-45(32-28-43)59-60(64-54-22-12-11-21-53(54)63-59)46-33-29-44(30-34-46)50-36-42(4)52(38-40(50)2)62-66-56-24-14-16-26-58(56)68(62)48-19-9-6-10-20-48/h5-38H,1-4H3. The number of benzene rings is 9. The fourth-order valence-corrected chi connectivity index (χ4v) is 9.84. The number of hydrogen-bond acceptors (Lipinski definition) is 4.